The highest BCUT2D eigenvalue weighted by Crippen LogP contribution is 2.06. The van der Waals surface area contributed by atoms with Crippen LogP contribution in [-0.4, -0.2) is 29.7 Å². The standard InChI is InChI=1S/C10H18N2O3/c1-7(11)5-8(13)12-6-9(14)15-10(2,3)4/h11H,5-6H2,1-4H3,(H,12,13). The predicted molar refractivity (Wildman–Crippen MR) is 56.9 cm³/mol. The number of carbonyl (C=O) groups excluding carboxylic acids is 2. The maximum atomic E-state index is 11.2. The third kappa shape index (κ3) is 8.93. The van der Waals surface area contributed by atoms with Crippen LogP contribution in [0.5, 0.6) is 0 Å². The molecule has 0 saturated heterocycles. The topological polar surface area (TPSA) is 79.3 Å². The molecule has 0 bridgehead atoms. The summed E-state index contributed by atoms with van der Waals surface area (Å²) in [5, 5.41) is 9.46. The van der Waals surface area contributed by atoms with Crippen molar-refractivity contribution < 1.29 is 14.3 Å². The number of rotatable bonds is 4. The minimum absolute atomic E-state index is 0.0167. The van der Waals surface area contributed by atoms with E-state index in [4.69, 9.17) is 10.1 Å². The zero-order valence-corrected chi connectivity index (χ0v) is 9.64. The fourth-order valence-electron chi connectivity index (χ4n) is 0.852. The third-order valence-corrected chi connectivity index (χ3v) is 1.28. The minimum atomic E-state index is -0.542. The van der Waals surface area contributed by atoms with E-state index in [0.717, 1.165) is 0 Å². The highest BCUT2D eigenvalue weighted by Gasteiger charge is 2.16. The highest BCUT2D eigenvalue weighted by molar-refractivity contribution is 5.99. The van der Waals surface area contributed by atoms with Crippen molar-refractivity contribution in [2.45, 2.75) is 39.7 Å². The molecule has 0 aliphatic carbocycles. The first-order chi connectivity index (χ1) is 6.70. The summed E-state index contributed by atoms with van der Waals surface area (Å²) in [7, 11) is 0. The molecule has 0 heterocycles. The van der Waals surface area contributed by atoms with Crippen LogP contribution in [0.25, 0.3) is 0 Å². The first-order valence-corrected chi connectivity index (χ1v) is 4.73. The van der Waals surface area contributed by atoms with Crippen molar-refractivity contribution >= 4 is 17.6 Å². The highest BCUT2D eigenvalue weighted by atomic mass is 16.6. The summed E-state index contributed by atoms with van der Waals surface area (Å²) < 4.78 is 4.99. The van der Waals surface area contributed by atoms with Gasteiger partial charge in [-0.3, -0.25) is 9.59 Å². The molecule has 0 radical (unpaired) electrons. The summed E-state index contributed by atoms with van der Waals surface area (Å²) >= 11 is 0. The lowest BCUT2D eigenvalue weighted by molar-refractivity contribution is -0.154. The van der Waals surface area contributed by atoms with E-state index in [-0.39, 0.29) is 24.6 Å². The molecule has 86 valence electrons. The Morgan fingerprint density at radius 1 is 1.33 bits per heavy atom. The summed E-state index contributed by atoms with van der Waals surface area (Å²) in [6.07, 6.45) is 0.0167. The van der Waals surface area contributed by atoms with Gasteiger partial charge in [0.25, 0.3) is 0 Å². The van der Waals surface area contributed by atoms with Crippen LogP contribution in [0.4, 0.5) is 0 Å². The molecule has 0 spiro atoms. The number of ether oxygens (including phenoxy) is 1. The van der Waals surface area contributed by atoms with Crippen LogP contribution in [0, 0.1) is 5.41 Å². The second kappa shape index (κ2) is 5.48. The molecule has 0 aromatic carbocycles. The van der Waals surface area contributed by atoms with Crippen LogP contribution < -0.4 is 5.32 Å². The van der Waals surface area contributed by atoms with Gasteiger partial charge in [0, 0.05) is 5.71 Å². The summed E-state index contributed by atoms with van der Waals surface area (Å²) in [5.41, 5.74) is -0.282. The Labute approximate surface area is 89.7 Å². The molecule has 0 aromatic rings. The molecule has 0 unspecified atom stereocenters. The number of hydrogen-bond donors (Lipinski definition) is 2. The SMILES string of the molecule is CC(=N)CC(=O)NCC(=O)OC(C)(C)C. The van der Waals surface area contributed by atoms with Crippen molar-refractivity contribution in [3.63, 3.8) is 0 Å². The number of nitrogens with one attached hydrogen (secondary N) is 2. The fraction of sp³-hybridized carbons (Fsp3) is 0.700. The average Bonchev–Trinajstić information content (AvgIpc) is 1.96. The lowest BCUT2D eigenvalue weighted by atomic mass is 10.2. The van der Waals surface area contributed by atoms with E-state index in [1.807, 2.05) is 0 Å². The molecular formula is C10H18N2O3. The molecule has 0 aliphatic rings. The number of hydrogen-bond acceptors (Lipinski definition) is 4. The van der Waals surface area contributed by atoms with Crippen molar-refractivity contribution in [2.24, 2.45) is 0 Å². The van der Waals surface area contributed by atoms with Gasteiger partial charge in [-0.2, -0.15) is 0 Å². The van der Waals surface area contributed by atoms with Gasteiger partial charge in [-0.05, 0) is 27.7 Å². The molecule has 0 atom stereocenters. The zero-order chi connectivity index (χ0) is 12.1. The normalized spacial score (nSPS) is 10.7. The van der Waals surface area contributed by atoms with Gasteiger partial charge in [0.15, 0.2) is 0 Å². The van der Waals surface area contributed by atoms with Crippen molar-refractivity contribution in [1.29, 1.82) is 5.41 Å². The Morgan fingerprint density at radius 3 is 2.27 bits per heavy atom. The largest absolute Gasteiger partial charge is 0.459 e. The van der Waals surface area contributed by atoms with Crippen LogP contribution in [0.15, 0.2) is 0 Å². The van der Waals surface area contributed by atoms with Crippen LogP contribution in [0.3, 0.4) is 0 Å². The maximum Gasteiger partial charge on any atom is 0.325 e. The van der Waals surface area contributed by atoms with E-state index < -0.39 is 11.6 Å². The number of amides is 1. The van der Waals surface area contributed by atoms with Gasteiger partial charge in [-0.15, -0.1) is 0 Å². The van der Waals surface area contributed by atoms with Crippen molar-refractivity contribution in [1.82, 2.24) is 5.32 Å². The predicted octanol–water partition coefficient (Wildman–Crippen LogP) is 0.874. The molecule has 5 nitrogen and oxygen atoms in total. The summed E-state index contributed by atoms with van der Waals surface area (Å²) in [5.74, 6) is -0.813. The Balaban J connectivity index is 3.82. The van der Waals surface area contributed by atoms with Gasteiger partial charge in [0.1, 0.15) is 12.1 Å². The summed E-state index contributed by atoms with van der Waals surface area (Å²) in [4.78, 5) is 22.2. The first kappa shape index (κ1) is 13.6. The lowest BCUT2D eigenvalue weighted by Crippen LogP contribution is -2.35. The first-order valence-electron chi connectivity index (χ1n) is 4.73. The van der Waals surface area contributed by atoms with Gasteiger partial charge < -0.3 is 15.5 Å². The second-order valence-electron chi connectivity index (χ2n) is 4.32. The van der Waals surface area contributed by atoms with E-state index >= 15 is 0 Å². The van der Waals surface area contributed by atoms with Crippen molar-refractivity contribution in [3.05, 3.63) is 0 Å². The number of carbonyl (C=O) groups is 2. The Bertz CT molecular complexity index is 266. The van der Waals surface area contributed by atoms with E-state index in [9.17, 15) is 9.59 Å². The van der Waals surface area contributed by atoms with Gasteiger partial charge >= 0.3 is 5.97 Å². The summed E-state index contributed by atoms with van der Waals surface area (Å²) in [6.45, 7) is 6.66. The quantitative estimate of drug-likeness (QED) is 0.538. The van der Waals surface area contributed by atoms with Crippen LogP contribution in [0.1, 0.15) is 34.1 Å². The molecule has 0 aliphatic heterocycles. The van der Waals surface area contributed by atoms with Crippen LogP contribution in [0.2, 0.25) is 0 Å². The average molecular weight is 214 g/mol. The molecule has 15 heavy (non-hydrogen) atoms. The Kier molecular flexibility index (Phi) is 4.97. The molecule has 2 N–H and O–H groups in total. The van der Waals surface area contributed by atoms with Gasteiger partial charge in [-0.25, -0.2) is 0 Å². The van der Waals surface area contributed by atoms with Gasteiger partial charge in [0.05, 0.1) is 6.42 Å². The zero-order valence-electron chi connectivity index (χ0n) is 9.64. The molecule has 1 amide bonds. The molecule has 0 aromatic heterocycles. The Hall–Kier alpha value is -1.39. The monoisotopic (exact) mass is 214 g/mol. The smallest absolute Gasteiger partial charge is 0.325 e. The van der Waals surface area contributed by atoms with E-state index in [1.54, 1.807) is 20.8 Å². The molecule has 0 fully saturated rings. The van der Waals surface area contributed by atoms with Crippen LogP contribution in [-0.2, 0) is 14.3 Å². The van der Waals surface area contributed by atoms with Crippen LogP contribution >= 0.6 is 0 Å². The molecular weight excluding hydrogens is 196 g/mol. The second-order valence-corrected chi connectivity index (χ2v) is 4.32. The van der Waals surface area contributed by atoms with E-state index in [2.05, 4.69) is 5.32 Å². The van der Waals surface area contributed by atoms with Gasteiger partial charge in [-0.1, -0.05) is 0 Å². The summed E-state index contributed by atoms with van der Waals surface area (Å²) in [6, 6.07) is 0. The Morgan fingerprint density at radius 2 is 1.87 bits per heavy atom. The van der Waals surface area contributed by atoms with Crippen molar-refractivity contribution in [3.8, 4) is 0 Å². The van der Waals surface area contributed by atoms with Crippen molar-refractivity contribution in [2.75, 3.05) is 6.54 Å². The molecule has 0 rings (SSSR count). The maximum absolute atomic E-state index is 11.2. The van der Waals surface area contributed by atoms with E-state index in [1.165, 1.54) is 6.92 Å². The third-order valence-electron chi connectivity index (χ3n) is 1.28. The van der Waals surface area contributed by atoms with Gasteiger partial charge in [0.2, 0.25) is 5.91 Å². The lowest BCUT2D eigenvalue weighted by Gasteiger charge is -2.19. The number of esters is 1. The minimum Gasteiger partial charge on any atom is -0.459 e. The molecule has 5 heteroatoms. The molecule has 0 saturated carbocycles. The van der Waals surface area contributed by atoms with E-state index in [0.29, 0.717) is 0 Å². The fourth-order valence-corrected chi connectivity index (χ4v) is 0.852.